The van der Waals surface area contributed by atoms with E-state index in [4.69, 9.17) is 9.84 Å². The van der Waals surface area contributed by atoms with Crippen LogP contribution in [0, 0.1) is 10.8 Å². The van der Waals surface area contributed by atoms with E-state index < -0.39 is 18.1 Å². The van der Waals surface area contributed by atoms with Crippen LogP contribution < -0.4 is 5.32 Å². The van der Waals surface area contributed by atoms with E-state index in [0.29, 0.717) is 0 Å². The van der Waals surface area contributed by atoms with E-state index in [0.717, 1.165) is 12.0 Å². The molecule has 1 aliphatic rings. The predicted octanol–water partition coefficient (Wildman–Crippen LogP) is 3.19. The average molecular weight is 305 g/mol. The van der Waals surface area contributed by atoms with E-state index in [2.05, 4.69) is 19.2 Å². The minimum absolute atomic E-state index is 0.0276. The van der Waals surface area contributed by atoms with E-state index in [1.165, 1.54) is 0 Å². The number of alkyl carbamates (subject to hydrolysis) is 1. The highest BCUT2D eigenvalue weighted by Gasteiger charge is 2.62. The fourth-order valence-electron chi connectivity index (χ4n) is 2.99. The van der Waals surface area contributed by atoms with Gasteiger partial charge < -0.3 is 15.2 Å². The Balaban J connectivity index is 1.93. The molecule has 1 aromatic rings. The van der Waals surface area contributed by atoms with Crippen molar-refractivity contribution in [1.82, 2.24) is 5.32 Å². The largest absolute Gasteiger partial charge is 0.481 e. The maximum atomic E-state index is 12.0. The summed E-state index contributed by atoms with van der Waals surface area (Å²) in [5, 5.41) is 11.8. The molecule has 2 unspecified atom stereocenters. The molecular formula is C17H23NO4. The van der Waals surface area contributed by atoms with Gasteiger partial charge in [-0.25, -0.2) is 4.79 Å². The molecule has 22 heavy (non-hydrogen) atoms. The lowest BCUT2D eigenvalue weighted by Gasteiger charge is -2.26. The first-order valence-electron chi connectivity index (χ1n) is 7.44. The molecule has 0 radical (unpaired) electrons. The van der Waals surface area contributed by atoms with Crippen LogP contribution in [0.15, 0.2) is 30.3 Å². The molecule has 1 fully saturated rings. The molecule has 5 nitrogen and oxygen atoms in total. The van der Waals surface area contributed by atoms with Crippen LogP contribution in [0.1, 0.15) is 39.2 Å². The molecule has 1 saturated carbocycles. The number of carboxylic acid groups (broad SMARTS) is 1. The minimum Gasteiger partial charge on any atom is -0.481 e. The van der Waals surface area contributed by atoms with Crippen molar-refractivity contribution in [3.05, 3.63) is 35.9 Å². The zero-order valence-electron chi connectivity index (χ0n) is 13.3. The zero-order valence-corrected chi connectivity index (χ0v) is 13.3. The van der Waals surface area contributed by atoms with Crippen molar-refractivity contribution in [3.8, 4) is 0 Å². The number of rotatable bonds is 6. The number of ether oxygens (including phenoxy) is 1. The smallest absolute Gasteiger partial charge is 0.407 e. The second kappa shape index (κ2) is 5.99. The van der Waals surface area contributed by atoms with E-state index >= 15 is 0 Å². The maximum Gasteiger partial charge on any atom is 0.407 e. The number of carboxylic acids is 1. The minimum atomic E-state index is -0.919. The molecule has 5 heteroatoms. The topological polar surface area (TPSA) is 75.6 Å². The lowest BCUT2D eigenvalue weighted by atomic mass is 9.88. The van der Waals surface area contributed by atoms with Crippen LogP contribution in [0.3, 0.4) is 0 Å². The SMILES string of the molecule is CC1(C)CC1(C)C(CC(=O)O)NC(=O)OCc1ccccc1. The second-order valence-corrected chi connectivity index (χ2v) is 6.83. The van der Waals surface area contributed by atoms with Crippen LogP contribution in [0.5, 0.6) is 0 Å². The molecule has 0 aromatic heterocycles. The summed E-state index contributed by atoms with van der Waals surface area (Å²) >= 11 is 0. The van der Waals surface area contributed by atoms with Crippen LogP contribution in [0.4, 0.5) is 4.79 Å². The van der Waals surface area contributed by atoms with Crippen LogP contribution in [-0.4, -0.2) is 23.2 Å². The van der Waals surface area contributed by atoms with Crippen molar-refractivity contribution in [1.29, 1.82) is 0 Å². The molecule has 0 heterocycles. The number of carbonyl (C=O) groups is 2. The molecule has 1 amide bonds. The molecular weight excluding hydrogens is 282 g/mol. The third-order valence-corrected chi connectivity index (χ3v) is 4.88. The lowest BCUT2D eigenvalue weighted by Crippen LogP contribution is -2.43. The Morgan fingerprint density at radius 3 is 2.36 bits per heavy atom. The monoisotopic (exact) mass is 305 g/mol. The van der Waals surface area contributed by atoms with E-state index in [1.54, 1.807) is 0 Å². The molecule has 0 bridgehead atoms. The Hall–Kier alpha value is -2.04. The summed E-state index contributed by atoms with van der Waals surface area (Å²) in [6, 6.07) is 8.95. The summed E-state index contributed by atoms with van der Waals surface area (Å²) < 4.78 is 5.19. The third kappa shape index (κ3) is 3.59. The van der Waals surface area contributed by atoms with Crippen LogP contribution in [0.25, 0.3) is 0 Å². The van der Waals surface area contributed by atoms with E-state index in [-0.39, 0.29) is 23.9 Å². The number of hydrogen-bond acceptors (Lipinski definition) is 3. The summed E-state index contributed by atoms with van der Waals surface area (Å²) in [6.45, 7) is 6.35. The Morgan fingerprint density at radius 2 is 1.86 bits per heavy atom. The number of amides is 1. The Labute approximate surface area is 130 Å². The van der Waals surface area contributed by atoms with E-state index in [9.17, 15) is 9.59 Å². The number of hydrogen-bond donors (Lipinski definition) is 2. The summed E-state index contributed by atoms with van der Waals surface area (Å²) in [5.74, 6) is -0.919. The molecule has 1 aliphatic carbocycles. The highest BCUT2D eigenvalue weighted by Crippen LogP contribution is 2.65. The Morgan fingerprint density at radius 1 is 1.27 bits per heavy atom. The lowest BCUT2D eigenvalue weighted by molar-refractivity contribution is -0.138. The van der Waals surface area contributed by atoms with Gasteiger partial charge in [0.05, 0.1) is 6.42 Å². The first kappa shape index (κ1) is 16.3. The van der Waals surface area contributed by atoms with Crippen molar-refractivity contribution in [2.75, 3.05) is 0 Å². The summed E-state index contributed by atoms with van der Waals surface area (Å²) in [5.41, 5.74) is 0.710. The van der Waals surface area contributed by atoms with Crippen molar-refractivity contribution >= 4 is 12.1 Å². The highest BCUT2D eigenvalue weighted by molar-refractivity contribution is 5.72. The fraction of sp³-hybridized carbons (Fsp3) is 0.529. The van der Waals surface area contributed by atoms with Gasteiger partial charge in [0.2, 0.25) is 0 Å². The summed E-state index contributed by atoms with van der Waals surface area (Å²) in [7, 11) is 0. The number of nitrogens with one attached hydrogen (secondary N) is 1. The molecule has 1 aromatic carbocycles. The maximum absolute atomic E-state index is 12.0. The first-order chi connectivity index (χ1) is 10.2. The van der Waals surface area contributed by atoms with Gasteiger partial charge in [-0.2, -0.15) is 0 Å². The number of aliphatic carboxylic acids is 1. The van der Waals surface area contributed by atoms with Crippen LogP contribution in [-0.2, 0) is 16.1 Å². The van der Waals surface area contributed by atoms with Gasteiger partial charge in [-0.05, 0) is 22.8 Å². The first-order valence-corrected chi connectivity index (χ1v) is 7.44. The zero-order chi connectivity index (χ0) is 16.4. The van der Waals surface area contributed by atoms with Gasteiger partial charge in [0, 0.05) is 6.04 Å². The van der Waals surface area contributed by atoms with Crippen LogP contribution >= 0.6 is 0 Å². The predicted molar refractivity (Wildman–Crippen MR) is 82.3 cm³/mol. The third-order valence-electron chi connectivity index (χ3n) is 4.88. The van der Waals surface area contributed by atoms with Gasteiger partial charge in [0.25, 0.3) is 0 Å². The summed E-state index contributed by atoms with van der Waals surface area (Å²) in [6.07, 6.45) is 0.219. The molecule has 2 rings (SSSR count). The molecule has 2 N–H and O–H groups in total. The van der Waals surface area contributed by atoms with Crippen molar-refractivity contribution in [3.63, 3.8) is 0 Å². The van der Waals surface area contributed by atoms with Gasteiger partial charge in [0.15, 0.2) is 0 Å². The standard InChI is InChI=1S/C17H23NO4/c1-16(2)11-17(16,3)13(9-14(19)20)18-15(21)22-10-12-7-5-4-6-8-12/h4-8,13H,9-11H2,1-3H3,(H,18,21)(H,19,20). The van der Waals surface area contributed by atoms with Crippen LogP contribution in [0.2, 0.25) is 0 Å². The van der Waals surface area contributed by atoms with Gasteiger partial charge >= 0.3 is 12.1 Å². The van der Waals surface area contributed by atoms with Gasteiger partial charge in [-0.3, -0.25) is 4.79 Å². The molecule has 0 aliphatic heterocycles. The molecule has 2 atom stereocenters. The highest BCUT2D eigenvalue weighted by atomic mass is 16.5. The Bertz CT molecular complexity index is 555. The van der Waals surface area contributed by atoms with E-state index in [1.807, 2.05) is 37.3 Å². The van der Waals surface area contributed by atoms with Crippen molar-refractivity contribution < 1.29 is 19.4 Å². The van der Waals surface area contributed by atoms with Crippen molar-refractivity contribution in [2.45, 2.75) is 46.3 Å². The quantitative estimate of drug-likeness (QED) is 0.846. The number of carbonyl (C=O) groups excluding carboxylic acids is 1. The molecule has 0 saturated heterocycles. The summed E-state index contributed by atoms with van der Waals surface area (Å²) in [4.78, 5) is 23.0. The van der Waals surface area contributed by atoms with Crippen molar-refractivity contribution in [2.24, 2.45) is 10.8 Å². The van der Waals surface area contributed by atoms with Gasteiger partial charge in [-0.15, -0.1) is 0 Å². The fourth-order valence-corrected chi connectivity index (χ4v) is 2.99. The number of benzene rings is 1. The average Bonchev–Trinajstić information content (AvgIpc) is 2.97. The normalized spacial score (nSPS) is 23.4. The Kier molecular flexibility index (Phi) is 4.44. The molecule has 120 valence electrons. The second-order valence-electron chi connectivity index (χ2n) is 6.83. The molecule has 0 spiro atoms. The van der Waals surface area contributed by atoms with Gasteiger partial charge in [0.1, 0.15) is 6.61 Å². The van der Waals surface area contributed by atoms with Gasteiger partial charge in [-0.1, -0.05) is 51.1 Å².